The number of rotatable bonds is 4. The number of aryl methyl sites for hydroxylation is 1. The van der Waals surface area contributed by atoms with Crippen LogP contribution in [0.25, 0.3) is 0 Å². The maximum Gasteiger partial charge on any atom is 0.240 e. The molecule has 0 aromatic carbocycles. The summed E-state index contributed by atoms with van der Waals surface area (Å²) in [6.07, 6.45) is 1.60. The fourth-order valence-corrected chi connectivity index (χ4v) is 1.40. The van der Waals surface area contributed by atoms with Crippen LogP contribution in [0.3, 0.4) is 0 Å². The Morgan fingerprint density at radius 1 is 1.47 bits per heavy atom. The molecule has 0 atom stereocenters. The first-order chi connectivity index (χ1) is 8.29. The molecule has 0 saturated carbocycles. The standard InChI is InChI=1S/C11H11N5O/c1-8-15-11(17-16-8)7-13-6-9-3-2-4-14-10(9)5-12/h2-4,13H,6-7H2,1H3. The lowest BCUT2D eigenvalue weighted by molar-refractivity contribution is 0.364. The minimum atomic E-state index is 0.432. The van der Waals surface area contributed by atoms with Crippen LogP contribution in [-0.2, 0) is 13.1 Å². The quantitative estimate of drug-likeness (QED) is 0.839. The lowest BCUT2D eigenvalue weighted by atomic mass is 10.2. The highest BCUT2D eigenvalue weighted by Crippen LogP contribution is 2.03. The van der Waals surface area contributed by atoms with Crippen LogP contribution in [0.5, 0.6) is 0 Å². The number of nitrogens with zero attached hydrogens (tertiary/aromatic N) is 4. The zero-order chi connectivity index (χ0) is 12.1. The second-order valence-corrected chi connectivity index (χ2v) is 3.46. The Balaban J connectivity index is 1.92. The smallest absolute Gasteiger partial charge is 0.240 e. The summed E-state index contributed by atoms with van der Waals surface area (Å²) in [5.74, 6) is 1.14. The highest BCUT2D eigenvalue weighted by atomic mass is 16.5. The molecule has 0 radical (unpaired) electrons. The Bertz CT molecular complexity index is 543. The lowest BCUT2D eigenvalue weighted by Crippen LogP contribution is -2.14. The second-order valence-electron chi connectivity index (χ2n) is 3.46. The van der Waals surface area contributed by atoms with E-state index in [1.807, 2.05) is 12.1 Å². The minimum absolute atomic E-state index is 0.432. The van der Waals surface area contributed by atoms with Crippen LogP contribution in [0.15, 0.2) is 22.9 Å². The summed E-state index contributed by atoms with van der Waals surface area (Å²) in [5.41, 5.74) is 1.29. The second kappa shape index (κ2) is 5.18. The van der Waals surface area contributed by atoms with Crippen molar-refractivity contribution in [1.82, 2.24) is 20.4 Å². The Morgan fingerprint density at radius 2 is 2.35 bits per heavy atom. The van der Waals surface area contributed by atoms with Crippen molar-refractivity contribution >= 4 is 0 Å². The zero-order valence-corrected chi connectivity index (χ0v) is 9.34. The average molecular weight is 229 g/mol. The van der Waals surface area contributed by atoms with E-state index in [9.17, 15) is 0 Å². The number of hydrogen-bond donors (Lipinski definition) is 1. The van der Waals surface area contributed by atoms with Crippen LogP contribution in [0, 0.1) is 18.3 Å². The van der Waals surface area contributed by atoms with E-state index in [4.69, 9.17) is 9.78 Å². The molecule has 0 amide bonds. The Labute approximate surface area is 98.3 Å². The van der Waals surface area contributed by atoms with Crippen molar-refractivity contribution in [3.63, 3.8) is 0 Å². The normalized spacial score (nSPS) is 10.1. The Hall–Kier alpha value is -2.26. The van der Waals surface area contributed by atoms with E-state index < -0.39 is 0 Å². The van der Waals surface area contributed by atoms with Crippen LogP contribution < -0.4 is 5.32 Å². The van der Waals surface area contributed by atoms with E-state index in [0.717, 1.165) is 5.56 Å². The van der Waals surface area contributed by atoms with Crippen LogP contribution in [0.4, 0.5) is 0 Å². The van der Waals surface area contributed by atoms with Crippen molar-refractivity contribution in [2.24, 2.45) is 0 Å². The van der Waals surface area contributed by atoms with Crippen molar-refractivity contribution < 1.29 is 4.52 Å². The van der Waals surface area contributed by atoms with Gasteiger partial charge in [0.25, 0.3) is 0 Å². The molecule has 0 aliphatic heterocycles. The molecule has 6 nitrogen and oxygen atoms in total. The van der Waals surface area contributed by atoms with Crippen LogP contribution >= 0.6 is 0 Å². The topological polar surface area (TPSA) is 87.6 Å². The van der Waals surface area contributed by atoms with Crippen molar-refractivity contribution in [2.45, 2.75) is 20.0 Å². The first-order valence-corrected chi connectivity index (χ1v) is 5.13. The molecule has 0 unspecified atom stereocenters. The van der Waals surface area contributed by atoms with Gasteiger partial charge >= 0.3 is 0 Å². The van der Waals surface area contributed by atoms with E-state index in [1.54, 1.807) is 19.2 Å². The number of nitriles is 1. The van der Waals surface area contributed by atoms with E-state index in [2.05, 4.69) is 20.4 Å². The van der Waals surface area contributed by atoms with Gasteiger partial charge in [-0.1, -0.05) is 11.2 Å². The summed E-state index contributed by atoms with van der Waals surface area (Å²) in [6, 6.07) is 5.70. The molecule has 0 aliphatic rings. The van der Waals surface area contributed by atoms with Gasteiger partial charge in [-0.3, -0.25) is 0 Å². The SMILES string of the molecule is Cc1noc(CNCc2cccnc2C#N)n1. The number of hydrogen-bond acceptors (Lipinski definition) is 6. The maximum atomic E-state index is 8.86. The highest BCUT2D eigenvalue weighted by Gasteiger charge is 2.04. The fraction of sp³-hybridized carbons (Fsp3) is 0.273. The third kappa shape index (κ3) is 2.86. The van der Waals surface area contributed by atoms with E-state index >= 15 is 0 Å². The molecule has 86 valence electrons. The highest BCUT2D eigenvalue weighted by molar-refractivity contribution is 5.30. The van der Waals surface area contributed by atoms with Gasteiger partial charge in [-0.2, -0.15) is 10.2 Å². The lowest BCUT2D eigenvalue weighted by Gasteiger charge is -2.02. The molecule has 17 heavy (non-hydrogen) atoms. The molecular weight excluding hydrogens is 218 g/mol. The molecule has 2 rings (SSSR count). The van der Waals surface area contributed by atoms with E-state index in [0.29, 0.717) is 30.5 Å². The molecule has 6 heteroatoms. The molecule has 0 fully saturated rings. The van der Waals surface area contributed by atoms with E-state index in [-0.39, 0.29) is 0 Å². The summed E-state index contributed by atoms with van der Waals surface area (Å²) in [5, 5.41) is 15.7. The van der Waals surface area contributed by atoms with Crippen LogP contribution in [0.2, 0.25) is 0 Å². The van der Waals surface area contributed by atoms with Gasteiger partial charge in [0.1, 0.15) is 11.8 Å². The van der Waals surface area contributed by atoms with Crippen molar-refractivity contribution in [2.75, 3.05) is 0 Å². The first kappa shape index (κ1) is 11.2. The van der Waals surface area contributed by atoms with Gasteiger partial charge in [0.05, 0.1) is 6.54 Å². The Kier molecular flexibility index (Phi) is 3.43. The summed E-state index contributed by atoms with van der Waals surface area (Å²) in [7, 11) is 0. The van der Waals surface area contributed by atoms with Gasteiger partial charge < -0.3 is 9.84 Å². The maximum absolute atomic E-state index is 8.86. The summed E-state index contributed by atoms with van der Waals surface area (Å²) in [4.78, 5) is 8.04. The van der Waals surface area contributed by atoms with Crippen molar-refractivity contribution in [3.05, 3.63) is 41.3 Å². The monoisotopic (exact) mass is 229 g/mol. The third-order valence-electron chi connectivity index (χ3n) is 2.16. The van der Waals surface area contributed by atoms with Gasteiger partial charge in [0.15, 0.2) is 5.82 Å². The fourth-order valence-electron chi connectivity index (χ4n) is 1.40. The van der Waals surface area contributed by atoms with E-state index in [1.165, 1.54) is 0 Å². The van der Waals surface area contributed by atoms with Gasteiger partial charge in [0, 0.05) is 18.3 Å². The van der Waals surface area contributed by atoms with Crippen molar-refractivity contribution in [3.8, 4) is 6.07 Å². The third-order valence-corrected chi connectivity index (χ3v) is 2.16. The first-order valence-electron chi connectivity index (χ1n) is 5.13. The van der Waals surface area contributed by atoms with Gasteiger partial charge in [-0.25, -0.2) is 4.98 Å². The summed E-state index contributed by atoms with van der Waals surface area (Å²) < 4.78 is 4.95. The number of nitrogens with one attached hydrogen (secondary N) is 1. The molecule has 1 N–H and O–H groups in total. The largest absolute Gasteiger partial charge is 0.338 e. The molecule has 0 aliphatic carbocycles. The number of aromatic nitrogens is 3. The minimum Gasteiger partial charge on any atom is -0.338 e. The summed E-state index contributed by atoms with van der Waals surface area (Å²) in [6.45, 7) is 2.78. The van der Waals surface area contributed by atoms with Crippen LogP contribution in [-0.4, -0.2) is 15.1 Å². The molecule has 0 spiro atoms. The predicted molar refractivity (Wildman–Crippen MR) is 58.5 cm³/mol. The Morgan fingerprint density at radius 3 is 3.06 bits per heavy atom. The molecular formula is C11H11N5O. The molecule has 2 aromatic heterocycles. The average Bonchev–Trinajstić information content (AvgIpc) is 2.76. The molecule has 0 saturated heterocycles. The summed E-state index contributed by atoms with van der Waals surface area (Å²) >= 11 is 0. The predicted octanol–water partition coefficient (Wildman–Crippen LogP) is 0.934. The molecule has 0 bridgehead atoms. The van der Waals surface area contributed by atoms with Gasteiger partial charge in [-0.05, 0) is 13.0 Å². The molecule has 2 heterocycles. The molecule has 2 aromatic rings. The van der Waals surface area contributed by atoms with Gasteiger partial charge in [0.2, 0.25) is 5.89 Å². The van der Waals surface area contributed by atoms with Crippen LogP contribution in [0.1, 0.15) is 23.0 Å². The van der Waals surface area contributed by atoms with Crippen molar-refractivity contribution in [1.29, 1.82) is 5.26 Å². The number of pyridine rings is 1. The zero-order valence-electron chi connectivity index (χ0n) is 9.34. The van der Waals surface area contributed by atoms with Gasteiger partial charge in [-0.15, -0.1) is 0 Å².